The van der Waals surface area contributed by atoms with E-state index in [2.05, 4.69) is 60.5 Å². The van der Waals surface area contributed by atoms with Gasteiger partial charge in [0.25, 0.3) is 5.91 Å². The van der Waals surface area contributed by atoms with E-state index in [0.717, 1.165) is 35.6 Å². The monoisotopic (exact) mass is 381 g/mol. The van der Waals surface area contributed by atoms with Gasteiger partial charge in [-0.05, 0) is 25.5 Å². The number of para-hydroxylation sites is 1. The molecule has 5 nitrogen and oxygen atoms in total. The summed E-state index contributed by atoms with van der Waals surface area (Å²) in [6.07, 6.45) is 2.92. The highest BCUT2D eigenvalue weighted by Gasteiger charge is 2.35. The number of carbonyl (C=O) groups is 1. The van der Waals surface area contributed by atoms with E-state index in [4.69, 9.17) is 0 Å². The number of benzene rings is 1. The second-order valence-electron chi connectivity index (χ2n) is 7.96. The summed E-state index contributed by atoms with van der Waals surface area (Å²) in [6, 6.07) is 8.95. The molecule has 2 aliphatic heterocycles. The first-order valence-electron chi connectivity index (χ1n) is 9.63. The fourth-order valence-corrected chi connectivity index (χ4v) is 5.79. The van der Waals surface area contributed by atoms with E-state index in [-0.39, 0.29) is 12.1 Å². The lowest BCUT2D eigenvalue weighted by Gasteiger charge is -2.28. The fourth-order valence-electron chi connectivity index (χ4n) is 4.46. The Kier molecular flexibility index (Phi) is 3.81. The van der Waals surface area contributed by atoms with Crippen molar-refractivity contribution in [1.29, 1.82) is 0 Å². The summed E-state index contributed by atoms with van der Waals surface area (Å²) >= 11 is 1.77. The molecule has 3 aromatic rings. The van der Waals surface area contributed by atoms with Gasteiger partial charge in [-0.25, -0.2) is 0 Å². The molecule has 0 radical (unpaired) electrons. The van der Waals surface area contributed by atoms with Crippen molar-refractivity contribution in [2.24, 2.45) is 7.05 Å². The molecule has 0 saturated heterocycles. The predicted octanol–water partition coefficient (Wildman–Crippen LogP) is 2.44. The molecule has 6 heteroatoms. The Hall–Kier alpha value is -2.31. The molecule has 0 bridgehead atoms. The first kappa shape index (κ1) is 16.8. The van der Waals surface area contributed by atoms with Gasteiger partial charge in [-0.1, -0.05) is 18.2 Å². The maximum Gasteiger partial charge on any atom is 0.256 e. The van der Waals surface area contributed by atoms with Gasteiger partial charge in [0.05, 0.1) is 23.0 Å². The van der Waals surface area contributed by atoms with E-state index in [0.29, 0.717) is 6.04 Å². The number of anilines is 1. The van der Waals surface area contributed by atoms with Crippen molar-refractivity contribution in [3.05, 3.63) is 52.0 Å². The van der Waals surface area contributed by atoms with Crippen LogP contribution in [0.15, 0.2) is 30.5 Å². The van der Waals surface area contributed by atoms with Gasteiger partial charge in [0.1, 0.15) is 17.7 Å². The molecule has 1 amide bonds. The van der Waals surface area contributed by atoms with Crippen LogP contribution in [0.25, 0.3) is 10.9 Å². The minimum Gasteiger partial charge on any atom is -0.353 e. The topological polar surface area (TPSA) is 50.5 Å². The summed E-state index contributed by atoms with van der Waals surface area (Å²) in [6.45, 7) is 6.68. The van der Waals surface area contributed by atoms with Gasteiger partial charge >= 0.3 is 0 Å². The lowest BCUT2D eigenvalue weighted by Crippen LogP contribution is -3.14. The summed E-state index contributed by atoms with van der Waals surface area (Å²) in [5.41, 5.74) is 4.44. The lowest BCUT2D eigenvalue weighted by molar-refractivity contribution is -0.936. The number of aryl methyl sites for hydroxylation is 1. The summed E-state index contributed by atoms with van der Waals surface area (Å²) in [4.78, 5) is 16.0. The number of fused-ring (bicyclic) bond motifs is 4. The van der Waals surface area contributed by atoms with Gasteiger partial charge in [-0.15, -0.1) is 11.3 Å². The predicted molar refractivity (Wildman–Crippen MR) is 109 cm³/mol. The molecule has 1 aromatic carbocycles. The molecule has 3 N–H and O–H groups in total. The number of quaternary nitrogens is 1. The molecule has 1 unspecified atom stereocenters. The quantitative estimate of drug-likeness (QED) is 0.639. The molecular formula is C21H25N4OS+. The third kappa shape index (κ3) is 2.58. The summed E-state index contributed by atoms with van der Waals surface area (Å²) < 4.78 is 2.12. The Morgan fingerprint density at radius 3 is 2.89 bits per heavy atom. The van der Waals surface area contributed by atoms with Crippen LogP contribution >= 0.6 is 11.3 Å². The molecule has 4 heterocycles. The molecule has 2 aliphatic rings. The van der Waals surface area contributed by atoms with Crippen LogP contribution in [0, 0.1) is 0 Å². The molecule has 2 atom stereocenters. The summed E-state index contributed by atoms with van der Waals surface area (Å²) in [7, 11) is 2.05. The van der Waals surface area contributed by atoms with Crippen molar-refractivity contribution in [2.45, 2.75) is 39.0 Å². The van der Waals surface area contributed by atoms with Crippen molar-refractivity contribution in [2.75, 3.05) is 11.9 Å². The smallest absolute Gasteiger partial charge is 0.256 e. The zero-order valence-corrected chi connectivity index (χ0v) is 16.7. The van der Waals surface area contributed by atoms with Crippen molar-refractivity contribution >= 4 is 33.1 Å². The fraction of sp³-hybridized carbons (Fsp3) is 0.381. The van der Waals surface area contributed by atoms with Crippen LogP contribution < -0.4 is 15.5 Å². The van der Waals surface area contributed by atoms with E-state index >= 15 is 0 Å². The van der Waals surface area contributed by atoms with Gasteiger partial charge in [0, 0.05) is 36.1 Å². The maximum absolute atomic E-state index is 13.0. The Morgan fingerprint density at radius 1 is 1.26 bits per heavy atom. The number of thiophene rings is 1. The summed E-state index contributed by atoms with van der Waals surface area (Å²) in [5.74, 6) is 0.0622. The van der Waals surface area contributed by atoms with Crippen LogP contribution in [-0.2, 0) is 20.0 Å². The number of nitrogens with zero attached hydrogens (tertiary/aromatic N) is 1. The van der Waals surface area contributed by atoms with Gasteiger partial charge < -0.3 is 20.1 Å². The van der Waals surface area contributed by atoms with Crippen molar-refractivity contribution in [1.82, 2.24) is 9.88 Å². The highest BCUT2D eigenvalue weighted by atomic mass is 32.1. The molecule has 140 valence electrons. The first-order chi connectivity index (χ1) is 13.0. The van der Waals surface area contributed by atoms with Gasteiger partial charge in [0.2, 0.25) is 0 Å². The van der Waals surface area contributed by atoms with Gasteiger partial charge in [-0.2, -0.15) is 0 Å². The average Bonchev–Trinajstić information content (AvgIpc) is 3.19. The third-order valence-electron chi connectivity index (χ3n) is 6.01. The number of hydrogen-bond acceptors (Lipinski definition) is 3. The molecule has 5 rings (SSSR count). The molecule has 0 saturated carbocycles. The largest absolute Gasteiger partial charge is 0.353 e. The van der Waals surface area contributed by atoms with E-state index in [1.54, 1.807) is 16.2 Å². The van der Waals surface area contributed by atoms with Crippen molar-refractivity contribution in [3.8, 4) is 0 Å². The lowest BCUT2D eigenvalue weighted by atomic mass is 9.99. The van der Waals surface area contributed by atoms with E-state index < -0.39 is 0 Å². The number of carbonyl (C=O) groups excluding carboxylic acids is 1. The third-order valence-corrected chi connectivity index (χ3v) is 7.17. The average molecular weight is 382 g/mol. The Balaban J connectivity index is 1.53. The molecule has 0 spiro atoms. The first-order valence-corrected chi connectivity index (χ1v) is 10.4. The minimum absolute atomic E-state index is 0.0622. The zero-order valence-electron chi connectivity index (χ0n) is 15.9. The van der Waals surface area contributed by atoms with Crippen LogP contribution in [0.5, 0.6) is 0 Å². The molecule has 0 aliphatic carbocycles. The van der Waals surface area contributed by atoms with Crippen LogP contribution in [-0.4, -0.2) is 23.1 Å². The SMILES string of the molecule is CC(C)[NH+]1CCc2c(sc3c2C(=O)N[C@H](c2cn(C)c4ccccc24)N3)C1. The maximum atomic E-state index is 13.0. The number of hydrogen-bond donors (Lipinski definition) is 3. The molecular weight excluding hydrogens is 356 g/mol. The van der Waals surface area contributed by atoms with Crippen LogP contribution in [0.1, 0.15) is 46.4 Å². The van der Waals surface area contributed by atoms with Crippen LogP contribution in [0.4, 0.5) is 5.00 Å². The highest BCUT2D eigenvalue weighted by Crippen LogP contribution is 2.40. The van der Waals surface area contributed by atoms with E-state index in [1.807, 2.05) is 6.07 Å². The second kappa shape index (κ2) is 6.11. The van der Waals surface area contributed by atoms with Crippen LogP contribution in [0.3, 0.4) is 0 Å². The van der Waals surface area contributed by atoms with Crippen LogP contribution in [0.2, 0.25) is 0 Å². The van der Waals surface area contributed by atoms with Gasteiger partial charge in [-0.3, -0.25) is 4.79 Å². The highest BCUT2D eigenvalue weighted by molar-refractivity contribution is 7.16. The number of aromatic nitrogens is 1. The Bertz CT molecular complexity index is 1050. The van der Waals surface area contributed by atoms with E-state index in [1.165, 1.54) is 21.3 Å². The normalized spacial score (nSPS) is 21.7. The van der Waals surface area contributed by atoms with Crippen molar-refractivity contribution in [3.63, 3.8) is 0 Å². The second-order valence-corrected chi connectivity index (χ2v) is 9.07. The molecule has 2 aromatic heterocycles. The van der Waals surface area contributed by atoms with Gasteiger partial charge in [0.15, 0.2) is 0 Å². The Morgan fingerprint density at radius 2 is 2.07 bits per heavy atom. The standard InChI is InChI=1S/C21H24N4OS/c1-12(2)25-9-8-14-17(11-25)27-21-18(14)20(26)22-19(23-21)15-10-24(3)16-7-5-4-6-13(15)16/h4-7,10,12,19,23H,8-9,11H2,1-3H3,(H,22,26)/p+1/t19-/m0/s1. The van der Waals surface area contributed by atoms with E-state index in [9.17, 15) is 4.79 Å². The molecule has 27 heavy (non-hydrogen) atoms. The molecule has 0 fully saturated rings. The number of nitrogens with one attached hydrogen (secondary N) is 3. The number of amides is 1. The Labute approximate surface area is 163 Å². The zero-order chi connectivity index (χ0) is 18.7. The summed E-state index contributed by atoms with van der Waals surface area (Å²) in [5, 5.41) is 9.03. The minimum atomic E-state index is -0.190. The number of rotatable bonds is 2. The van der Waals surface area contributed by atoms with Crippen molar-refractivity contribution < 1.29 is 9.69 Å².